The van der Waals surface area contributed by atoms with E-state index < -0.39 is 12.1 Å². The molecule has 1 aromatic rings. The molecule has 3 nitrogen and oxygen atoms in total. The third-order valence-electron chi connectivity index (χ3n) is 2.17. The summed E-state index contributed by atoms with van der Waals surface area (Å²) in [6.07, 6.45) is -4.76. The fourth-order valence-electron chi connectivity index (χ4n) is 1.31. The third kappa shape index (κ3) is 6.24. The second kappa shape index (κ2) is 5.61. The van der Waals surface area contributed by atoms with E-state index in [1.54, 1.807) is 0 Å². The fourth-order valence-corrected chi connectivity index (χ4v) is 1.31. The molecule has 0 aromatic heterocycles. The summed E-state index contributed by atoms with van der Waals surface area (Å²) in [7, 11) is 0. The summed E-state index contributed by atoms with van der Waals surface area (Å²) in [5.74, 6) is -0.684. The lowest BCUT2D eigenvalue weighted by molar-refractivity contribution is -0.274. The Hall–Kier alpha value is -1.56. The second-order valence-electron chi connectivity index (χ2n) is 5.10. The van der Waals surface area contributed by atoms with Crippen LogP contribution < -0.4 is 10.1 Å². The standard InChI is InChI=1S/C13H16F3NO2/c1-12(2,3)17-8-11(18)9-5-4-6-10(7-9)19-13(14,15)16/h4-7,17H,8H2,1-3H3. The minimum absolute atomic E-state index is 0.0545. The van der Waals surface area contributed by atoms with E-state index in [9.17, 15) is 18.0 Å². The highest BCUT2D eigenvalue weighted by Gasteiger charge is 2.31. The normalized spacial score (nSPS) is 12.3. The number of Topliss-reactive ketones (excluding diaryl/α,β-unsaturated/α-hetero) is 1. The number of ketones is 1. The van der Waals surface area contributed by atoms with Crippen molar-refractivity contribution in [2.24, 2.45) is 0 Å². The first-order valence-electron chi connectivity index (χ1n) is 5.71. The quantitative estimate of drug-likeness (QED) is 0.858. The zero-order valence-electron chi connectivity index (χ0n) is 11.0. The van der Waals surface area contributed by atoms with Crippen LogP contribution in [0.4, 0.5) is 13.2 Å². The van der Waals surface area contributed by atoms with Crippen molar-refractivity contribution in [3.63, 3.8) is 0 Å². The summed E-state index contributed by atoms with van der Waals surface area (Å²) < 4.78 is 39.9. The number of hydrogen-bond donors (Lipinski definition) is 1. The van der Waals surface area contributed by atoms with Gasteiger partial charge in [-0.05, 0) is 32.9 Å². The second-order valence-corrected chi connectivity index (χ2v) is 5.10. The Kier molecular flexibility index (Phi) is 4.57. The predicted octanol–water partition coefficient (Wildman–Crippen LogP) is 3.16. The highest BCUT2D eigenvalue weighted by atomic mass is 19.4. The van der Waals surface area contributed by atoms with E-state index in [1.165, 1.54) is 12.1 Å². The fraction of sp³-hybridized carbons (Fsp3) is 0.462. The van der Waals surface area contributed by atoms with Crippen molar-refractivity contribution in [3.8, 4) is 5.75 Å². The molecule has 1 rings (SSSR count). The van der Waals surface area contributed by atoms with Crippen molar-refractivity contribution >= 4 is 5.78 Å². The maximum Gasteiger partial charge on any atom is 0.573 e. The van der Waals surface area contributed by atoms with Gasteiger partial charge in [-0.15, -0.1) is 13.2 Å². The molecule has 0 aliphatic carbocycles. The molecule has 0 amide bonds. The van der Waals surface area contributed by atoms with Gasteiger partial charge in [0.05, 0.1) is 6.54 Å². The van der Waals surface area contributed by atoms with Gasteiger partial charge in [-0.1, -0.05) is 12.1 Å². The smallest absolute Gasteiger partial charge is 0.406 e. The van der Waals surface area contributed by atoms with Gasteiger partial charge in [-0.3, -0.25) is 4.79 Å². The first-order valence-corrected chi connectivity index (χ1v) is 5.71. The van der Waals surface area contributed by atoms with Crippen LogP contribution in [0.1, 0.15) is 31.1 Å². The van der Waals surface area contributed by atoms with E-state index in [1.807, 2.05) is 20.8 Å². The van der Waals surface area contributed by atoms with Crippen molar-refractivity contribution in [3.05, 3.63) is 29.8 Å². The first kappa shape index (κ1) is 15.5. The Balaban J connectivity index is 2.73. The SMILES string of the molecule is CC(C)(C)NCC(=O)c1cccc(OC(F)(F)F)c1. The van der Waals surface area contributed by atoms with E-state index in [0.29, 0.717) is 0 Å². The van der Waals surface area contributed by atoms with Gasteiger partial charge in [0.15, 0.2) is 5.78 Å². The molecule has 1 N–H and O–H groups in total. The molecule has 106 valence electrons. The Bertz CT molecular complexity index is 450. The number of ether oxygens (including phenoxy) is 1. The number of alkyl halides is 3. The van der Waals surface area contributed by atoms with Gasteiger partial charge in [-0.25, -0.2) is 0 Å². The molecule has 0 radical (unpaired) electrons. The lowest BCUT2D eigenvalue weighted by atomic mass is 10.1. The molecule has 19 heavy (non-hydrogen) atoms. The van der Waals surface area contributed by atoms with Crippen LogP contribution in [0.15, 0.2) is 24.3 Å². The van der Waals surface area contributed by atoms with Crippen LogP contribution in [0.2, 0.25) is 0 Å². The highest BCUT2D eigenvalue weighted by molar-refractivity contribution is 5.98. The molecule has 0 saturated carbocycles. The van der Waals surface area contributed by atoms with E-state index in [-0.39, 0.29) is 23.4 Å². The minimum atomic E-state index is -4.76. The summed E-state index contributed by atoms with van der Waals surface area (Å²) in [6, 6.07) is 5.04. The highest BCUT2D eigenvalue weighted by Crippen LogP contribution is 2.23. The van der Waals surface area contributed by atoms with Crippen molar-refractivity contribution in [2.75, 3.05) is 6.54 Å². The van der Waals surface area contributed by atoms with Crippen LogP contribution in [0.3, 0.4) is 0 Å². The molecule has 0 aliphatic rings. The number of nitrogens with one attached hydrogen (secondary N) is 1. The number of benzene rings is 1. The number of halogens is 3. The average Bonchev–Trinajstić information content (AvgIpc) is 2.23. The summed E-state index contributed by atoms with van der Waals surface area (Å²) in [4.78, 5) is 11.8. The van der Waals surface area contributed by atoms with E-state index in [0.717, 1.165) is 12.1 Å². The first-order chi connectivity index (χ1) is 8.57. The van der Waals surface area contributed by atoms with E-state index >= 15 is 0 Å². The molecule has 0 bridgehead atoms. The van der Waals surface area contributed by atoms with Crippen molar-refractivity contribution in [1.82, 2.24) is 5.32 Å². The molecule has 0 aliphatic heterocycles. The van der Waals surface area contributed by atoms with Gasteiger partial charge in [-0.2, -0.15) is 0 Å². The number of hydrogen-bond acceptors (Lipinski definition) is 3. The summed E-state index contributed by atoms with van der Waals surface area (Å²) in [6.45, 7) is 5.73. The van der Waals surface area contributed by atoms with Crippen LogP contribution in [-0.2, 0) is 0 Å². The minimum Gasteiger partial charge on any atom is -0.406 e. The molecule has 0 saturated heterocycles. The average molecular weight is 275 g/mol. The van der Waals surface area contributed by atoms with Crippen LogP contribution in [0, 0.1) is 0 Å². The van der Waals surface area contributed by atoms with Crippen molar-refractivity contribution in [2.45, 2.75) is 32.7 Å². The van der Waals surface area contributed by atoms with E-state index in [4.69, 9.17) is 0 Å². The van der Waals surface area contributed by atoms with Crippen LogP contribution in [0.25, 0.3) is 0 Å². The Morgan fingerprint density at radius 3 is 2.42 bits per heavy atom. The molecular weight excluding hydrogens is 259 g/mol. The largest absolute Gasteiger partial charge is 0.573 e. The molecule has 0 unspecified atom stereocenters. The van der Waals surface area contributed by atoms with Gasteiger partial charge in [0.1, 0.15) is 5.75 Å². The molecular formula is C13H16F3NO2. The lowest BCUT2D eigenvalue weighted by Gasteiger charge is -2.19. The maximum absolute atomic E-state index is 12.1. The number of carbonyl (C=O) groups is 1. The monoisotopic (exact) mass is 275 g/mol. The van der Waals surface area contributed by atoms with E-state index in [2.05, 4.69) is 10.1 Å². The zero-order valence-corrected chi connectivity index (χ0v) is 11.0. The molecule has 1 aromatic carbocycles. The van der Waals surface area contributed by atoms with Crippen molar-refractivity contribution in [1.29, 1.82) is 0 Å². The summed E-state index contributed by atoms with van der Waals surface area (Å²) >= 11 is 0. The maximum atomic E-state index is 12.1. The molecule has 0 heterocycles. The summed E-state index contributed by atoms with van der Waals surface area (Å²) in [5, 5.41) is 2.98. The zero-order chi connectivity index (χ0) is 14.7. The Morgan fingerprint density at radius 1 is 1.26 bits per heavy atom. The topological polar surface area (TPSA) is 38.3 Å². The van der Waals surface area contributed by atoms with Gasteiger partial charge in [0.25, 0.3) is 0 Å². The van der Waals surface area contributed by atoms with Gasteiger partial charge < -0.3 is 10.1 Å². The van der Waals surface area contributed by atoms with Gasteiger partial charge >= 0.3 is 6.36 Å². The van der Waals surface area contributed by atoms with Crippen LogP contribution in [-0.4, -0.2) is 24.2 Å². The van der Waals surface area contributed by atoms with Crippen molar-refractivity contribution < 1.29 is 22.7 Å². The number of carbonyl (C=O) groups excluding carboxylic acids is 1. The molecule has 0 fully saturated rings. The van der Waals surface area contributed by atoms with Gasteiger partial charge in [0.2, 0.25) is 0 Å². The third-order valence-corrected chi connectivity index (χ3v) is 2.17. The van der Waals surface area contributed by atoms with Crippen LogP contribution in [0.5, 0.6) is 5.75 Å². The molecule has 0 atom stereocenters. The van der Waals surface area contributed by atoms with Crippen LogP contribution >= 0.6 is 0 Å². The lowest BCUT2D eigenvalue weighted by Crippen LogP contribution is -2.39. The number of rotatable bonds is 4. The van der Waals surface area contributed by atoms with Gasteiger partial charge in [0, 0.05) is 11.1 Å². The molecule has 0 spiro atoms. The predicted molar refractivity (Wildman–Crippen MR) is 65.2 cm³/mol. The summed E-state index contributed by atoms with van der Waals surface area (Å²) in [5.41, 5.74) is -0.0612. The molecule has 6 heteroatoms. The Morgan fingerprint density at radius 2 is 1.89 bits per heavy atom. The Labute approximate surface area is 109 Å².